The average Bonchev–Trinajstić information content (AvgIpc) is 2.83. The Morgan fingerprint density at radius 3 is 2.58 bits per heavy atom. The summed E-state index contributed by atoms with van der Waals surface area (Å²) in [6.45, 7) is 5.35. The van der Waals surface area contributed by atoms with Crippen LogP contribution in [-0.4, -0.2) is 6.54 Å². The van der Waals surface area contributed by atoms with E-state index in [1.807, 2.05) is 11.8 Å². The van der Waals surface area contributed by atoms with Gasteiger partial charge in [-0.15, -0.1) is 23.1 Å². The summed E-state index contributed by atoms with van der Waals surface area (Å²) in [5.74, 6) is 1.03. The Morgan fingerprint density at radius 1 is 1.26 bits per heavy atom. The summed E-state index contributed by atoms with van der Waals surface area (Å²) in [4.78, 5) is 2.72. The van der Waals surface area contributed by atoms with Crippen molar-refractivity contribution in [2.45, 2.75) is 30.5 Å². The molecule has 0 spiro atoms. The molecule has 2 rings (SSSR count). The van der Waals surface area contributed by atoms with Gasteiger partial charge in [-0.1, -0.05) is 19.1 Å². The molecule has 0 saturated heterocycles. The molecule has 0 aliphatic heterocycles. The van der Waals surface area contributed by atoms with Gasteiger partial charge in [-0.05, 0) is 58.5 Å². The molecule has 1 unspecified atom stereocenters. The molecular weight excluding hydrogens is 338 g/mol. The highest BCUT2D eigenvalue weighted by molar-refractivity contribution is 9.10. The van der Waals surface area contributed by atoms with Crippen molar-refractivity contribution in [1.82, 2.24) is 5.32 Å². The van der Waals surface area contributed by atoms with Gasteiger partial charge in [0.2, 0.25) is 0 Å². The van der Waals surface area contributed by atoms with Crippen LogP contribution >= 0.6 is 39.0 Å². The molecule has 4 heteroatoms. The molecule has 0 amide bonds. The van der Waals surface area contributed by atoms with Gasteiger partial charge in [-0.2, -0.15) is 0 Å². The first-order valence-electron chi connectivity index (χ1n) is 6.38. The first kappa shape index (κ1) is 15.1. The molecule has 2 aromatic rings. The summed E-state index contributed by atoms with van der Waals surface area (Å²) in [5.41, 5.74) is 1.35. The Labute approximate surface area is 131 Å². The minimum Gasteiger partial charge on any atom is -0.310 e. The lowest BCUT2D eigenvalue weighted by molar-refractivity contribution is 0.598. The van der Waals surface area contributed by atoms with Crippen LogP contribution in [0.3, 0.4) is 0 Å². The minimum atomic E-state index is 0.426. The maximum absolute atomic E-state index is 3.58. The number of hydrogen-bond acceptors (Lipinski definition) is 3. The molecule has 1 aromatic carbocycles. The molecule has 102 valence electrons. The second-order valence-corrected chi connectivity index (χ2v) is 7.23. The van der Waals surface area contributed by atoms with Crippen LogP contribution in [0.25, 0.3) is 0 Å². The van der Waals surface area contributed by atoms with Crippen molar-refractivity contribution in [3.8, 4) is 0 Å². The molecule has 0 bridgehead atoms. The van der Waals surface area contributed by atoms with E-state index in [0.717, 1.165) is 12.3 Å². The number of thiophene rings is 1. The van der Waals surface area contributed by atoms with E-state index >= 15 is 0 Å². The largest absolute Gasteiger partial charge is 0.310 e. The fraction of sp³-hybridized carbons (Fsp3) is 0.333. The Bertz CT molecular complexity index is 507. The number of halogens is 1. The van der Waals surface area contributed by atoms with Crippen molar-refractivity contribution in [3.05, 3.63) is 50.6 Å². The van der Waals surface area contributed by atoms with Gasteiger partial charge < -0.3 is 5.32 Å². The molecular formula is C15H18BrNS2. The van der Waals surface area contributed by atoms with E-state index in [1.54, 1.807) is 11.3 Å². The molecule has 0 fully saturated rings. The second kappa shape index (κ2) is 7.48. The van der Waals surface area contributed by atoms with E-state index in [2.05, 4.69) is 70.8 Å². The average molecular weight is 356 g/mol. The van der Waals surface area contributed by atoms with Crippen molar-refractivity contribution < 1.29 is 0 Å². The number of benzene rings is 1. The van der Waals surface area contributed by atoms with Gasteiger partial charge >= 0.3 is 0 Å². The first-order chi connectivity index (χ1) is 9.20. The quantitative estimate of drug-likeness (QED) is 0.689. The Hall–Kier alpha value is -0.290. The molecule has 19 heavy (non-hydrogen) atoms. The van der Waals surface area contributed by atoms with Crippen LogP contribution < -0.4 is 5.32 Å². The van der Waals surface area contributed by atoms with Crippen LogP contribution in [0.5, 0.6) is 0 Å². The zero-order valence-electron chi connectivity index (χ0n) is 11.2. The lowest BCUT2D eigenvalue weighted by atomic mass is 10.1. The van der Waals surface area contributed by atoms with Crippen LogP contribution in [0.15, 0.2) is 45.1 Å². The van der Waals surface area contributed by atoms with Crippen molar-refractivity contribution in [1.29, 1.82) is 0 Å². The standard InChI is InChI=1S/C15H18BrNS2/c1-3-17-11(2)12-4-6-13(7-5-12)19-10-15-14(16)8-9-18-15/h4-9,11,17H,3,10H2,1-2H3. The molecule has 0 radical (unpaired) electrons. The normalized spacial score (nSPS) is 12.6. The SMILES string of the molecule is CCNC(C)c1ccc(SCc2sccc2Br)cc1. The van der Waals surface area contributed by atoms with Crippen molar-refractivity contribution >= 4 is 39.0 Å². The molecule has 1 aromatic heterocycles. The number of nitrogens with one attached hydrogen (secondary N) is 1. The fourth-order valence-corrected chi connectivity index (χ4v) is 4.55. The maximum atomic E-state index is 3.58. The van der Waals surface area contributed by atoms with Gasteiger partial charge in [-0.3, -0.25) is 0 Å². The molecule has 0 aliphatic carbocycles. The topological polar surface area (TPSA) is 12.0 Å². The highest BCUT2D eigenvalue weighted by Gasteiger charge is 2.05. The molecule has 0 saturated carbocycles. The third-order valence-electron chi connectivity index (χ3n) is 2.95. The third-order valence-corrected chi connectivity index (χ3v) is 6.10. The van der Waals surface area contributed by atoms with Crippen LogP contribution in [-0.2, 0) is 5.75 Å². The maximum Gasteiger partial charge on any atom is 0.0337 e. The number of thioether (sulfide) groups is 1. The predicted octanol–water partition coefficient (Wildman–Crippen LogP) is 5.47. The fourth-order valence-electron chi connectivity index (χ4n) is 1.85. The van der Waals surface area contributed by atoms with E-state index in [9.17, 15) is 0 Å². The van der Waals surface area contributed by atoms with Gasteiger partial charge in [0.15, 0.2) is 0 Å². The molecule has 0 aliphatic rings. The van der Waals surface area contributed by atoms with E-state index in [-0.39, 0.29) is 0 Å². The van der Waals surface area contributed by atoms with E-state index in [1.165, 1.54) is 19.8 Å². The second-order valence-electron chi connectivity index (χ2n) is 4.33. The van der Waals surface area contributed by atoms with Crippen molar-refractivity contribution in [2.75, 3.05) is 6.54 Å². The zero-order valence-corrected chi connectivity index (χ0v) is 14.4. The van der Waals surface area contributed by atoms with Crippen LogP contribution in [0.4, 0.5) is 0 Å². The Balaban J connectivity index is 1.93. The summed E-state index contributed by atoms with van der Waals surface area (Å²) < 4.78 is 1.22. The molecule has 1 heterocycles. The highest BCUT2D eigenvalue weighted by Crippen LogP contribution is 2.31. The predicted molar refractivity (Wildman–Crippen MR) is 90.1 cm³/mol. The molecule has 1 nitrogen and oxygen atoms in total. The summed E-state index contributed by atoms with van der Waals surface area (Å²) in [6.07, 6.45) is 0. The van der Waals surface area contributed by atoms with Crippen LogP contribution in [0, 0.1) is 0 Å². The minimum absolute atomic E-state index is 0.426. The summed E-state index contributed by atoms with van der Waals surface area (Å²) in [6, 6.07) is 11.4. The zero-order chi connectivity index (χ0) is 13.7. The van der Waals surface area contributed by atoms with Gasteiger partial charge in [0.1, 0.15) is 0 Å². The smallest absolute Gasteiger partial charge is 0.0337 e. The number of hydrogen-bond donors (Lipinski definition) is 1. The van der Waals surface area contributed by atoms with Crippen LogP contribution in [0.1, 0.15) is 30.3 Å². The van der Waals surface area contributed by atoms with Crippen LogP contribution in [0.2, 0.25) is 0 Å². The van der Waals surface area contributed by atoms with Gasteiger partial charge in [0.05, 0.1) is 0 Å². The first-order valence-corrected chi connectivity index (χ1v) is 9.04. The summed E-state index contributed by atoms with van der Waals surface area (Å²) >= 11 is 7.27. The monoisotopic (exact) mass is 355 g/mol. The van der Waals surface area contributed by atoms with E-state index in [0.29, 0.717) is 6.04 Å². The molecule has 1 N–H and O–H groups in total. The van der Waals surface area contributed by atoms with E-state index < -0.39 is 0 Å². The lowest BCUT2D eigenvalue weighted by Crippen LogP contribution is -2.17. The molecule has 1 atom stereocenters. The number of rotatable bonds is 6. The highest BCUT2D eigenvalue weighted by atomic mass is 79.9. The van der Waals surface area contributed by atoms with Gasteiger partial charge in [0, 0.05) is 26.0 Å². The van der Waals surface area contributed by atoms with Gasteiger partial charge in [-0.25, -0.2) is 0 Å². The van der Waals surface area contributed by atoms with Crippen molar-refractivity contribution in [3.63, 3.8) is 0 Å². The Kier molecular flexibility index (Phi) is 5.95. The summed E-state index contributed by atoms with van der Waals surface area (Å²) in [7, 11) is 0. The third kappa shape index (κ3) is 4.35. The lowest BCUT2D eigenvalue weighted by Gasteiger charge is -2.13. The Morgan fingerprint density at radius 2 is 2.00 bits per heavy atom. The summed E-state index contributed by atoms with van der Waals surface area (Å²) in [5, 5.41) is 5.56. The van der Waals surface area contributed by atoms with Gasteiger partial charge in [0.25, 0.3) is 0 Å². The van der Waals surface area contributed by atoms with Crippen molar-refractivity contribution in [2.24, 2.45) is 0 Å². The van der Waals surface area contributed by atoms with E-state index in [4.69, 9.17) is 0 Å².